The molecule has 2 amide bonds. The van der Waals surface area contributed by atoms with Crippen LogP contribution >= 0.6 is 12.2 Å². The van der Waals surface area contributed by atoms with E-state index in [0.29, 0.717) is 23.7 Å². The average molecular weight is 401 g/mol. The molecule has 0 saturated heterocycles. The Hall–Kier alpha value is -3.13. The van der Waals surface area contributed by atoms with Gasteiger partial charge in [-0.2, -0.15) is 0 Å². The third-order valence-electron chi connectivity index (χ3n) is 3.86. The van der Waals surface area contributed by atoms with Crippen LogP contribution in [0.3, 0.4) is 0 Å². The first-order valence-electron chi connectivity index (χ1n) is 8.72. The largest absolute Gasteiger partial charge is 0.494 e. The second-order valence-electron chi connectivity index (χ2n) is 5.90. The second-order valence-corrected chi connectivity index (χ2v) is 6.31. The first-order valence-corrected chi connectivity index (χ1v) is 9.13. The summed E-state index contributed by atoms with van der Waals surface area (Å²) < 4.78 is 10.9. The molecule has 8 heteroatoms. The van der Waals surface area contributed by atoms with E-state index in [1.54, 1.807) is 30.3 Å². The summed E-state index contributed by atoms with van der Waals surface area (Å²) in [5.74, 6) is 0.377. The van der Waals surface area contributed by atoms with Crippen LogP contribution in [0.5, 0.6) is 11.5 Å². The molecule has 2 aromatic rings. The normalized spacial score (nSPS) is 9.96. The number of hydrazine groups is 1. The average Bonchev–Trinajstić information content (AvgIpc) is 2.68. The summed E-state index contributed by atoms with van der Waals surface area (Å²) in [5, 5.41) is 2.45. The van der Waals surface area contributed by atoms with Crippen molar-refractivity contribution in [1.29, 1.82) is 0 Å². The van der Waals surface area contributed by atoms with Gasteiger partial charge in [-0.25, -0.2) is 0 Å². The zero-order chi connectivity index (χ0) is 20.5. The molecule has 0 fully saturated rings. The fraction of sp³-hybridized carbons (Fsp3) is 0.250. The summed E-state index contributed by atoms with van der Waals surface area (Å²) in [4.78, 5) is 24.1. The molecular formula is C20H23N3O4S. The van der Waals surface area contributed by atoms with Crippen LogP contribution in [0.15, 0.2) is 42.5 Å². The zero-order valence-corrected chi connectivity index (χ0v) is 16.8. The van der Waals surface area contributed by atoms with Gasteiger partial charge in [-0.1, -0.05) is 18.2 Å². The molecule has 2 aromatic carbocycles. The summed E-state index contributed by atoms with van der Waals surface area (Å²) in [6.07, 6.45) is 0. The van der Waals surface area contributed by atoms with Crippen LogP contribution in [-0.2, 0) is 4.79 Å². The third-order valence-corrected chi connectivity index (χ3v) is 4.07. The van der Waals surface area contributed by atoms with Crippen molar-refractivity contribution >= 4 is 29.1 Å². The molecule has 0 radical (unpaired) electrons. The SMILES string of the molecule is CCOc1cccc(C(=O)NC(=S)NNC(=O)COc2cccc(C)c2C)c1. The predicted octanol–water partition coefficient (Wildman–Crippen LogP) is 2.42. The Labute approximate surface area is 169 Å². The van der Waals surface area contributed by atoms with E-state index in [0.717, 1.165) is 11.1 Å². The maximum Gasteiger partial charge on any atom is 0.276 e. The molecule has 0 aromatic heterocycles. The maximum absolute atomic E-state index is 12.2. The molecule has 2 rings (SSSR count). The van der Waals surface area contributed by atoms with Gasteiger partial charge in [0.2, 0.25) is 0 Å². The van der Waals surface area contributed by atoms with Gasteiger partial charge in [0.05, 0.1) is 6.61 Å². The van der Waals surface area contributed by atoms with Gasteiger partial charge in [0.1, 0.15) is 11.5 Å². The lowest BCUT2D eigenvalue weighted by molar-refractivity contribution is -0.123. The fourth-order valence-corrected chi connectivity index (χ4v) is 2.43. The Morgan fingerprint density at radius 2 is 1.79 bits per heavy atom. The molecule has 0 aliphatic carbocycles. The number of thiocarbonyl (C=S) groups is 1. The summed E-state index contributed by atoms with van der Waals surface area (Å²) in [7, 11) is 0. The predicted molar refractivity (Wildman–Crippen MR) is 110 cm³/mol. The van der Waals surface area contributed by atoms with Gasteiger partial charge in [0, 0.05) is 5.56 Å². The van der Waals surface area contributed by atoms with E-state index in [4.69, 9.17) is 21.7 Å². The van der Waals surface area contributed by atoms with Crippen molar-refractivity contribution < 1.29 is 19.1 Å². The number of benzene rings is 2. The van der Waals surface area contributed by atoms with Crippen LogP contribution in [0, 0.1) is 13.8 Å². The van der Waals surface area contributed by atoms with Crippen molar-refractivity contribution in [3.05, 3.63) is 59.2 Å². The monoisotopic (exact) mass is 401 g/mol. The molecule has 0 saturated carbocycles. The summed E-state index contributed by atoms with van der Waals surface area (Å²) in [5.41, 5.74) is 7.29. The highest BCUT2D eigenvalue weighted by atomic mass is 32.1. The van der Waals surface area contributed by atoms with Crippen molar-refractivity contribution in [2.45, 2.75) is 20.8 Å². The standard InChI is InChI=1S/C20H23N3O4S/c1-4-26-16-9-6-8-15(11-16)19(25)21-20(28)23-22-18(24)12-27-17-10-5-7-13(2)14(17)3/h5-11H,4,12H2,1-3H3,(H,22,24)(H2,21,23,25,28). The maximum atomic E-state index is 12.2. The van der Waals surface area contributed by atoms with Crippen molar-refractivity contribution in [3.63, 3.8) is 0 Å². The quantitative estimate of drug-likeness (QED) is 0.509. The molecule has 0 heterocycles. The number of aryl methyl sites for hydroxylation is 1. The molecule has 0 spiro atoms. The minimum absolute atomic E-state index is 0.0353. The van der Waals surface area contributed by atoms with Crippen LogP contribution in [-0.4, -0.2) is 30.1 Å². The van der Waals surface area contributed by atoms with E-state index >= 15 is 0 Å². The highest BCUT2D eigenvalue weighted by Crippen LogP contribution is 2.20. The van der Waals surface area contributed by atoms with E-state index in [9.17, 15) is 9.59 Å². The first kappa shape index (κ1) is 21.2. The zero-order valence-electron chi connectivity index (χ0n) is 16.0. The van der Waals surface area contributed by atoms with Gasteiger partial charge in [-0.3, -0.25) is 25.8 Å². The molecule has 0 unspecified atom stereocenters. The number of nitrogens with one attached hydrogen (secondary N) is 3. The number of amides is 2. The Morgan fingerprint density at radius 1 is 1.04 bits per heavy atom. The van der Waals surface area contributed by atoms with Crippen molar-refractivity contribution in [1.82, 2.24) is 16.2 Å². The van der Waals surface area contributed by atoms with E-state index in [1.807, 2.05) is 32.9 Å². The molecule has 7 nitrogen and oxygen atoms in total. The molecule has 0 bridgehead atoms. The van der Waals surface area contributed by atoms with E-state index in [1.165, 1.54) is 0 Å². The lowest BCUT2D eigenvalue weighted by Gasteiger charge is -2.13. The molecule has 0 aliphatic heterocycles. The summed E-state index contributed by atoms with van der Waals surface area (Å²) in [6, 6.07) is 12.3. The smallest absolute Gasteiger partial charge is 0.276 e. The van der Waals surface area contributed by atoms with Crippen LogP contribution in [0.2, 0.25) is 0 Å². The summed E-state index contributed by atoms with van der Waals surface area (Å²) >= 11 is 5.02. The van der Waals surface area contributed by atoms with Crippen molar-refractivity contribution in [3.8, 4) is 11.5 Å². The number of carbonyl (C=O) groups excluding carboxylic acids is 2. The number of carbonyl (C=O) groups is 2. The van der Waals surface area contributed by atoms with Crippen LogP contribution < -0.4 is 25.6 Å². The molecule has 3 N–H and O–H groups in total. The summed E-state index contributed by atoms with van der Waals surface area (Å²) in [6.45, 7) is 6.06. The Bertz CT molecular complexity index is 870. The molecule has 0 aliphatic rings. The molecule has 28 heavy (non-hydrogen) atoms. The minimum atomic E-state index is -0.434. The van der Waals surface area contributed by atoms with E-state index < -0.39 is 11.8 Å². The first-order chi connectivity index (χ1) is 13.4. The highest BCUT2D eigenvalue weighted by molar-refractivity contribution is 7.80. The lowest BCUT2D eigenvalue weighted by Crippen LogP contribution is -2.49. The van der Waals surface area contributed by atoms with Gasteiger partial charge in [0.25, 0.3) is 11.8 Å². The van der Waals surface area contributed by atoms with Crippen LogP contribution in [0.25, 0.3) is 0 Å². The Morgan fingerprint density at radius 3 is 2.54 bits per heavy atom. The van der Waals surface area contributed by atoms with Gasteiger partial charge >= 0.3 is 0 Å². The minimum Gasteiger partial charge on any atom is -0.494 e. The van der Waals surface area contributed by atoms with Crippen molar-refractivity contribution in [2.24, 2.45) is 0 Å². The van der Waals surface area contributed by atoms with Gasteiger partial charge in [0.15, 0.2) is 11.7 Å². The van der Waals surface area contributed by atoms with Crippen LogP contribution in [0.1, 0.15) is 28.4 Å². The molecular weight excluding hydrogens is 378 g/mol. The van der Waals surface area contributed by atoms with Gasteiger partial charge in [-0.05, 0) is 68.4 Å². The third kappa shape index (κ3) is 6.24. The molecule has 148 valence electrons. The Balaban J connectivity index is 1.78. The fourth-order valence-electron chi connectivity index (χ4n) is 2.29. The number of rotatable bonds is 6. The second kappa shape index (κ2) is 10.3. The molecule has 0 atom stereocenters. The number of hydrogen-bond acceptors (Lipinski definition) is 5. The van der Waals surface area contributed by atoms with E-state index in [-0.39, 0.29) is 11.7 Å². The van der Waals surface area contributed by atoms with Crippen LogP contribution in [0.4, 0.5) is 0 Å². The van der Waals surface area contributed by atoms with Gasteiger partial charge in [-0.15, -0.1) is 0 Å². The Kier molecular flexibility index (Phi) is 7.76. The number of ether oxygens (including phenoxy) is 2. The topological polar surface area (TPSA) is 88.7 Å². The van der Waals surface area contributed by atoms with E-state index in [2.05, 4.69) is 16.2 Å². The number of hydrogen-bond donors (Lipinski definition) is 3. The lowest BCUT2D eigenvalue weighted by atomic mass is 10.1. The van der Waals surface area contributed by atoms with Crippen molar-refractivity contribution in [2.75, 3.05) is 13.2 Å². The van der Waals surface area contributed by atoms with Gasteiger partial charge < -0.3 is 9.47 Å². The highest BCUT2D eigenvalue weighted by Gasteiger charge is 2.10.